The Balaban J connectivity index is 1.28. The van der Waals surface area contributed by atoms with E-state index >= 15 is 0 Å². The summed E-state index contributed by atoms with van der Waals surface area (Å²) in [5.74, 6) is 0.494. The second-order valence-electron chi connectivity index (χ2n) is 6.85. The van der Waals surface area contributed by atoms with E-state index in [9.17, 15) is 4.79 Å². The van der Waals surface area contributed by atoms with Gasteiger partial charge >= 0.3 is 0 Å². The molecule has 0 aliphatic carbocycles. The van der Waals surface area contributed by atoms with Gasteiger partial charge in [0.25, 0.3) is 0 Å². The molecule has 0 radical (unpaired) electrons. The number of nitrogens with zero attached hydrogens (tertiary/aromatic N) is 2. The van der Waals surface area contributed by atoms with Gasteiger partial charge in [0.15, 0.2) is 0 Å². The number of rotatable bonds is 5. The molecule has 2 fully saturated rings. The van der Waals surface area contributed by atoms with Gasteiger partial charge in [-0.3, -0.25) is 14.7 Å². The van der Waals surface area contributed by atoms with Gasteiger partial charge in [-0.2, -0.15) is 11.3 Å². The average molecular weight is 357 g/mol. The average Bonchev–Trinajstić information content (AvgIpc) is 3.30. The lowest BCUT2D eigenvalue weighted by Crippen LogP contribution is -2.42. The van der Waals surface area contributed by atoms with Crippen LogP contribution in [0.3, 0.4) is 0 Å². The minimum Gasteiger partial charge on any atom is -0.364 e. The van der Waals surface area contributed by atoms with Gasteiger partial charge < -0.3 is 10.1 Å². The van der Waals surface area contributed by atoms with Crippen molar-refractivity contribution in [2.24, 2.45) is 5.92 Å². The number of hydrogen-bond donors (Lipinski definition) is 1. The van der Waals surface area contributed by atoms with Crippen molar-refractivity contribution in [3.05, 3.63) is 52.5 Å². The molecule has 2 aliphatic rings. The first kappa shape index (κ1) is 16.7. The first-order valence-corrected chi connectivity index (χ1v) is 9.79. The maximum Gasteiger partial charge on any atom is 0.249 e. The molecule has 132 valence electrons. The summed E-state index contributed by atoms with van der Waals surface area (Å²) in [6.45, 7) is 3.44. The van der Waals surface area contributed by atoms with E-state index in [4.69, 9.17) is 4.74 Å². The lowest BCUT2D eigenvalue weighted by molar-refractivity contribution is -0.133. The van der Waals surface area contributed by atoms with Crippen LogP contribution in [0, 0.1) is 5.92 Å². The van der Waals surface area contributed by atoms with E-state index in [1.807, 2.05) is 18.2 Å². The van der Waals surface area contributed by atoms with Crippen molar-refractivity contribution in [3.63, 3.8) is 0 Å². The summed E-state index contributed by atoms with van der Waals surface area (Å²) in [5.41, 5.74) is 2.24. The van der Waals surface area contributed by atoms with E-state index in [-0.39, 0.29) is 18.1 Å². The first-order valence-electron chi connectivity index (χ1n) is 8.84. The van der Waals surface area contributed by atoms with E-state index < -0.39 is 0 Å². The summed E-state index contributed by atoms with van der Waals surface area (Å²) in [6.07, 6.45) is 3.55. The number of fused-ring (bicyclic) bond motifs is 1. The number of amides is 1. The fourth-order valence-electron chi connectivity index (χ4n) is 3.74. The maximum absolute atomic E-state index is 12.4. The zero-order chi connectivity index (χ0) is 17.1. The fourth-order valence-corrected chi connectivity index (χ4v) is 4.40. The normalized spacial score (nSPS) is 26.3. The molecule has 0 aromatic carbocycles. The molecule has 25 heavy (non-hydrogen) atoms. The molecule has 3 atom stereocenters. The largest absolute Gasteiger partial charge is 0.364 e. The number of likely N-dealkylation sites (tertiary alicyclic amines) is 1. The van der Waals surface area contributed by atoms with Crippen molar-refractivity contribution >= 4 is 17.2 Å². The molecule has 0 bridgehead atoms. The van der Waals surface area contributed by atoms with Crippen LogP contribution in [0.15, 0.2) is 41.2 Å². The number of hydrogen-bond acceptors (Lipinski definition) is 5. The topological polar surface area (TPSA) is 54.5 Å². The molecular weight excluding hydrogens is 334 g/mol. The van der Waals surface area contributed by atoms with Crippen molar-refractivity contribution in [2.45, 2.75) is 38.1 Å². The summed E-state index contributed by atoms with van der Waals surface area (Å²) >= 11 is 1.74. The van der Waals surface area contributed by atoms with Crippen LogP contribution >= 0.6 is 11.3 Å². The zero-order valence-corrected chi connectivity index (χ0v) is 15.0. The number of nitrogens with one attached hydrogen (secondary N) is 1. The number of pyridine rings is 1. The highest BCUT2D eigenvalue weighted by atomic mass is 32.1. The van der Waals surface area contributed by atoms with Crippen LogP contribution in [0.2, 0.25) is 0 Å². The molecule has 1 amide bonds. The third-order valence-electron chi connectivity index (χ3n) is 5.08. The van der Waals surface area contributed by atoms with Crippen LogP contribution < -0.4 is 5.32 Å². The molecule has 0 spiro atoms. The quantitative estimate of drug-likeness (QED) is 0.893. The Bertz CT molecular complexity index is 692. The Labute approximate surface area is 152 Å². The summed E-state index contributed by atoms with van der Waals surface area (Å²) < 4.78 is 6.09. The molecule has 6 heteroatoms. The number of ether oxygens (including phenoxy) is 1. The first-order chi connectivity index (χ1) is 12.3. The predicted octanol–water partition coefficient (Wildman–Crippen LogP) is 2.44. The van der Waals surface area contributed by atoms with Crippen LogP contribution in [0.4, 0.5) is 0 Å². The van der Waals surface area contributed by atoms with Crippen LogP contribution in [-0.4, -0.2) is 41.1 Å². The standard InChI is InChI=1S/C19H23N3O2S/c23-19(21-10-16-3-1-2-6-20-16)17-9-15-4-7-22(12-18(15)24-17)11-14-5-8-25-13-14/h1-3,5-6,8,13,15,17-18H,4,7,9-12H2,(H,21,23)/t15-,17-,18+/m0/s1. The van der Waals surface area contributed by atoms with Crippen LogP contribution in [0.5, 0.6) is 0 Å². The smallest absolute Gasteiger partial charge is 0.249 e. The van der Waals surface area contributed by atoms with Gasteiger partial charge in [-0.15, -0.1) is 0 Å². The third-order valence-corrected chi connectivity index (χ3v) is 5.82. The van der Waals surface area contributed by atoms with Crippen LogP contribution in [-0.2, 0) is 22.6 Å². The second-order valence-corrected chi connectivity index (χ2v) is 7.63. The van der Waals surface area contributed by atoms with Gasteiger partial charge in [0.05, 0.1) is 18.3 Å². The molecule has 0 unspecified atom stereocenters. The lowest BCUT2D eigenvalue weighted by atomic mass is 9.91. The molecule has 0 saturated carbocycles. The molecule has 4 rings (SSSR count). The number of carbonyl (C=O) groups excluding carboxylic acids is 1. The van der Waals surface area contributed by atoms with Crippen molar-refractivity contribution in [1.29, 1.82) is 0 Å². The SMILES string of the molecule is O=C(NCc1ccccn1)[C@@H]1C[C@@H]2CCN(Cc3ccsc3)C[C@H]2O1. The Kier molecular flexibility index (Phi) is 5.10. The molecule has 2 aliphatic heterocycles. The highest BCUT2D eigenvalue weighted by Gasteiger charge is 2.41. The van der Waals surface area contributed by atoms with Gasteiger partial charge in [0.1, 0.15) is 6.10 Å². The van der Waals surface area contributed by atoms with Gasteiger partial charge in [-0.25, -0.2) is 0 Å². The molecule has 1 N–H and O–H groups in total. The fraction of sp³-hybridized carbons (Fsp3) is 0.474. The number of thiophene rings is 1. The summed E-state index contributed by atoms with van der Waals surface area (Å²) in [7, 11) is 0. The minimum absolute atomic E-state index is 0.00978. The Morgan fingerprint density at radius 2 is 2.36 bits per heavy atom. The van der Waals surface area contributed by atoms with Crippen molar-refractivity contribution in [2.75, 3.05) is 13.1 Å². The van der Waals surface area contributed by atoms with Gasteiger partial charge in [0, 0.05) is 19.3 Å². The zero-order valence-electron chi connectivity index (χ0n) is 14.1. The minimum atomic E-state index is -0.320. The van der Waals surface area contributed by atoms with Crippen molar-refractivity contribution in [1.82, 2.24) is 15.2 Å². The third kappa shape index (κ3) is 4.08. The highest BCUT2D eigenvalue weighted by molar-refractivity contribution is 7.07. The van der Waals surface area contributed by atoms with E-state index in [1.165, 1.54) is 5.56 Å². The summed E-state index contributed by atoms with van der Waals surface area (Å²) in [6, 6.07) is 7.90. The number of piperidine rings is 1. The second kappa shape index (κ2) is 7.64. The Hall–Kier alpha value is -1.76. The molecular formula is C19H23N3O2S. The van der Waals surface area contributed by atoms with E-state index in [0.717, 1.165) is 38.2 Å². The highest BCUT2D eigenvalue weighted by Crippen LogP contribution is 2.33. The van der Waals surface area contributed by atoms with Crippen molar-refractivity contribution < 1.29 is 9.53 Å². The summed E-state index contributed by atoms with van der Waals surface area (Å²) in [5, 5.41) is 7.28. The van der Waals surface area contributed by atoms with Crippen LogP contribution in [0.1, 0.15) is 24.1 Å². The maximum atomic E-state index is 12.4. The van der Waals surface area contributed by atoms with E-state index in [1.54, 1.807) is 17.5 Å². The Morgan fingerprint density at radius 3 is 3.16 bits per heavy atom. The Morgan fingerprint density at radius 1 is 1.40 bits per heavy atom. The molecule has 2 saturated heterocycles. The number of carbonyl (C=O) groups is 1. The molecule has 5 nitrogen and oxygen atoms in total. The monoisotopic (exact) mass is 357 g/mol. The lowest BCUT2D eigenvalue weighted by Gasteiger charge is -2.33. The molecule has 2 aromatic rings. The molecule has 2 aromatic heterocycles. The van der Waals surface area contributed by atoms with E-state index in [2.05, 4.69) is 32.0 Å². The van der Waals surface area contributed by atoms with Gasteiger partial charge in [-0.05, 0) is 59.8 Å². The summed E-state index contributed by atoms with van der Waals surface area (Å²) in [4.78, 5) is 19.1. The van der Waals surface area contributed by atoms with Crippen LogP contribution in [0.25, 0.3) is 0 Å². The predicted molar refractivity (Wildman–Crippen MR) is 97.1 cm³/mol. The number of aromatic nitrogens is 1. The van der Waals surface area contributed by atoms with E-state index in [0.29, 0.717) is 12.5 Å². The van der Waals surface area contributed by atoms with Gasteiger partial charge in [-0.1, -0.05) is 6.07 Å². The van der Waals surface area contributed by atoms with Gasteiger partial charge in [0.2, 0.25) is 5.91 Å². The molecule has 4 heterocycles. The van der Waals surface area contributed by atoms with Crippen molar-refractivity contribution in [3.8, 4) is 0 Å².